The van der Waals surface area contributed by atoms with Crippen molar-refractivity contribution in [2.24, 2.45) is 0 Å². The summed E-state index contributed by atoms with van der Waals surface area (Å²) in [5, 5.41) is 21.5. The van der Waals surface area contributed by atoms with E-state index in [0.717, 1.165) is 23.2 Å². The highest BCUT2D eigenvalue weighted by Gasteiger charge is 2.31. The van der Waals surface area contributed by atoms with Gasteiger partial charge in [-0.05, 0) is 23.6 Å². The number of halogens is 2. The van der Waals surface area contributed by atoms with Crippen LogP contribution in [0.4, 0.5) is 10.2 Å². The van der Waals surface area contributed by atoms with Crippen LogP contribution in [0.1, 0.15) is 35.1 Å². The molecule has 0 atom stereocenters. The van der Waals surface area contributed by atoms with Crippen LogP contribution < -0.4 is 10.1 Å². The Kier molecular flexibility index (Phi) is 5.98. The first-order valence-electron chi connectivity index (χ1n) is 9.77. The fourth-order valence-corrected chi connectivity index (χ4v) is 4.06. The van der Waals surface area contributed by atoms with Gasteiger partial charge in [-0.2, -0.15) is 10.5 Å². The molecule has 7 nitrogen and oxygen atoms in total. The molecule has 0 aromatic carbocycles. The second-order valence-corrected chi connectivity index (χ2v) is 7.84. The van der Waals surface area contributed by atoms with Crippen LogP contribution in [0.2, 0.25) is 5.15 Å². The summed E-state index contributed by atoms with van der Waals surface area (Å²) in [6, 6.07) is 8.00. The molecule has 30 heavy (non-hydrogen) atoms. The van der Waals surface area contributed by atoms with E-state index >= 15 is 0 Å². The Morgan fingerprint density at radius 2 is 2.17 bits per heavy atom. The van der Waals surface area contributed by atoms with E-state index in [4.69, 9.17) is 21.6 Å². The highest BCUT2D eigenvalue weighted by Crippen LogP contribution is 2.32. The van der Waals surface area contributed by atoms with Gasteiger partial charge in [-0.25, -0.2) is 14.4 Å². The summed E-state index contributed by atoms with van der Waals surface area (Å²) in [4.78, 5) is 10.7. The molecule has 2 aliphatic rings. The third kappa shape index (κ3) is 4.30. The third-order valence-corrected chi connectivity index (χ3v) is 5.68. The second-order valence-electron chi connectivity index (χ2n) is 7.48. The number of nitrogens with zero attached hydrogens (tertiary/aromatic N) is 5. The lowest BCUT2D eigenvalue weighted by Crippen LogP contribution is -2.35. The van der Waals surface area contributed by atoms with Crippen molar-refractivity contribution in [1.29, 1.82) is 10.5 Å². The minimum Gasteiger partial charge on any atom is -0.474 e. The van der Waals surface area contributed by atoms with Crippen LogP contribution >= 0.6 is 11.6 Å². The van der Waals surface area contributed by atoms with E-state index in [1.54, 1.807) is 6.20 Å². The zero-order valence-electron chi connectivity index (χ0n) is 16.2. The van der Waals surface area contributed by atoms with Gasteiger partial charge in [0.2, 0.25) is 5.88 Å². The Morgan fingerprint density at radius 3 is 2.90 bits per heavy atom. The molecule has 2 aromatic heterocycles. The van der Waals surface area contributed by atoms with Gasteiger partial charge < -0.3 is 10.1 Å². The zero-order valence-corrected chi connectivity index (χ0v) is 17.0. The van der Waals surface area contributed by atoms with Gasteiger partial charge >= 0.3 is 0 Å². The molecule has 1 saturated carbocycles. The fourth-order valence-electron chi connectivity index (χ4n) is 3.81. The molecule has 1 aliphatic carbocycles. The van der Waals surface area contributed by atoms with Crippen LogP contribution in [-0.4, -0.2) is 40.2 Å². The lowest BCUT2D eigenvalue weighted by molar-refractivity contribution is 0.0377. The van der Waals surface area contributed by atoms with Gasteiger partial charge in [0.1, 0.15) is 35.9 Å². The lowest BCUT2D eigenvalue weighted by Gasteiger charge is -2.31. The number of nitrogens with one attached hydrogen (secondary N) is 1. The Labute approximate surface area is 179 Å². The van der Waals surface area contributed by atoms with E-state index in [2.05, 4.69) is 26.3 Å². The number of alkyl halides is 1. The van der Waals surface area contributed by atoms with Gasteiger partial charge in [-0.15, -0.1) is 0 Å². The first-order valence-corrected chi connectivity index (χ1v) is 10.2. The second kappa shape index (κ2) is 8.83. The van der Waals surface area contributed by atoms with Crippen molar-refractivity contribution < 1.29 is 9.13 Å². The smallest absolute Gasteiger partial charge is 0.213 e. The number of nitriles is 2. The summed E-state index contributed by atoms with van der Waals surface area (Å²) in [7, 11) is 0. The van der Waals surface area contributed by atoms with E-state index in [1.807, 2.05) is 18.2 Å². The van der Waals surface area contributed by atoms with Crippen LogP contribution in [0.5, 0.6) is 5.88 Å². The summed E-state index contributed by atoms with van der Waals surface area (Å²) in [5.41, 5.74) is 3.19. The molecule has 0 saturated heterocycles. The number of aromatic nitrogens is 2. The normalized spacial score (nSPS) is 20.4. The third-order valence-electron chi connectivity index (χ3n) is 5.40. The maximum Gasteiger partial charge on any atom is 0.213 e. The van der Waals surface area contributed by atoms with Gasteiger partial charge in [0.05, 0.1) is 11.6 Å². The summed E-state index contributed by atoms with van der Waals surface area (Å²) in [6.45, 7) is 2.09. The summed E-state index contributed by atoms with van der Waals surface area (Å²) in [6.07, 6.45) is 2.35. The minimum absolute atomic E-state index is 0.100. The van der Waals surface area contributed by atoms with Gasteiger partial charge in [0, 0.05) is 50.3 Å². The van der Waals surface area contributed by atoms with Crippen LogP contribution in [0.25, 0.3) is 0 Å². The SMILES string of the molecule is N#CCNc1nc(Cl)c(C#N)c2c1CCN(Cc1ccnc(O[C@H]3C[C@H](F)C3)c1)C2. The van der Waals surface area contributed by atoms with E-state index in [-0.39, 0.29) is 17.8 Å². The molecule has 2 aromatic rings. The first-order chi connectivity index (χ1) is 14.6. The van der Waals surface area contributed by atoms with Crippen LogP contribution in [0, 0.1) is 22.7 Å². The van der Waals surface area contributed by atoms with Gasteiger partial charge in [0.25, 0.3) is 0 Å². The number of pyridine rings is 2. The molecule has 1 fully saturated rings. The average molecular weight is 427 g/mol. The van der Waals surface area contributed by atoms with Crippen LogP contribution in [0.15, 0.2) is 18.3 Å². The molecule has 0 unspecified atom stereocenters. The Balaban J connectivity index is 1.50. The Bertz CT molecular complexity index is 1030. The van der Waals surface area contributed by atoms with Crippen LogP contribution in [-0.2, 0) is 19.5 Å². The predicted octanol–water partition coefficient (Wildman–Crippen LogP) is 3.37. The van der Waals surface area contributed by atoms with E-state index in [1.165, 1.54) is 0 Å². The lowest BCUT2D eigenvalue weighted by atomic mass is 9.94. The van der Waals surface area contributed by atoms with Gasteiger partial charge in [-0.3, -0.25) is 4.90 Å². The van der Waals surface area contributed by atoms with E-state index in [0.29, 0.717) is 49.6 Å². The van der Waals surface area contributed by atoms with Crippen molar-refractivity contribution in [3.8, 4) is 18.0 Å². The molecule has 0 spiro atoms. The van der Waals surface area contributed by atoms with Crippen molar-refractivity contribution in [1.82, 2.24) is 14.9 Å². The van der Waals surface area contributed by atoms with Crippen molar-refractivity contribution in [2.45, 2.75) is 44.6 Å². The van der Waals surface area contributed by atoms with Gasteiger partial charge in [-0.1, -0.05) is 11.6 Å². The number of hydrogen-bond donors (Lipinski definition) is 1. The highest BCUT2D eigenvalue weighted by molar-refractivity contribution is 6.30. The predicted molar refractivity (Wildman–Crippen MR) is 109 cm³/mol. The van der Waals surface area contributed by atoms with Crippen molar-refractivity contribution in [3.05, 3.63) is 45.7 Å². The minimum atomic E-state index is -0.769. The van der Waals surface area contributed by atoms with Crippen LogP contribution in [0.3, 0.4) is 0 Å². The quantitative estimate of drug-likeness (QED) is 0.558. The zero-order chi connectivity index (χ0) is 21.1. The van der Waals surface area contributed by atoms with E-state index in [9.17, 15) is 9.65 Å². The first kappa shape index (κ1) is 20.3. The Morgan fingerprint density at radius 1 is 1.33 bits per heavy atom. The molecule has 1 aliphatic heterocycles. The summed E-state index contributed by atoms with van der Waals surface area (Å²) < 4.78 is 18.7. The van der Waals surface area contributed by atoms with Crippen molar-refractivity contribution in [3.63, 3.8) is 0 Å². The maximum atomic E-state index is 13.0. The molecular formula is C21H20ClFN6O. The standard InChI is InChI=1S/C21H20ClFN6O/c22-20-17(10-25)18-12-29(6-2-16(18)21(28-20)27-5-3-24)11-13-1-4-26-19(7-13)30-15-8-14(23)9-15/h1,4,7,14-15H,2,5-6,8-9,11-12H2,(H,27,28)/t14-,15-. The molecule has 0 amide bonds. The Hall–Kier alpha value is -2.94. The van der Waals surface area contributed by atoms with E-state index < -0.39 is 6.17 Å². The summed E-state index contributed by atoms with van der Waals surface area (Å²) >= 11 is 6.23. The maximum absolute atomic E-state index is 13.0. The van der Waals surface area contributed by atoms with Crippen molar-refractivity contribution in [2.75, 3.05) is 18.4 Å². The van der Waals surface area contributed by atoms with Crippen molar-refractivity contribution >= 4 is 17.4 Å². The molecule has 4 rings (SSSR count). The average Bonchev–Trinajstić information content (AvgIpc) is 2.71. The molecule has 9 heteroatoms. The monoisotopic (exact) mass is 426 g/mol. The molecule has 0 radical (unpaired) electrons. The number of ether oxygens (including phenoxy) is 1. The molecule has 0 bridgehead atoms. The number of fused-ring (bicyclic) bond motifs is 1. The summed E-state index contributed by atoms with van der Waals surface area (Å²) in [5.74, 6) is 1.08. The molecule has 3 heterocycles. The molecule has 1 N–H and O–H groups in total. The number of anilines is 1. The largest absolute Gasteiger partial charge is 0.474 e. The molecule has 154 valence electrons. The topological polar surface area (TPSA) is 97.9 Å². The number of rotatable bonds is 6. The molecular weight excluding hydrogens is 407 g/mol. The number of hydrogen-bond acceptors (Lipinski definition) is 7. The highest BCUT2D eigenvalue weighted by atomic mass is 35.5. The fraction of sp³-hybridized carbons (Fsp3) is 0.429. The van der Waals surface area contributed by atoms with Gasteiger partial charge in [0.15, 0.2) is 0 Å².